The normalized spacial score (nSPS) is 11.6. The second-order valence-corrected chi connectivity index (χ2v) is 9.14. The Morgan fingerprint density at radius 1 is 0.975 bits per heavy atom. The summed E-state index contributed by atoms with van der Waals surface area (Å²) in [6.45, 7) is 1.82. The van der Waals surface area contributed by atoms with Gasteiger partial charge >= 0.3 is 0 Å². The smallest absolute Gasteiger partial charge is 0.264 e. The van der Waals surface area contributed by atoms with Crippen molar-refractivity contribution in [2.75, 3.05) is 5.73 Å². The van der Waals surface area contributed by atoms with Crippen molar-refractivity contribution in [3.05, 3.63) is 130 Å². The molecule has 0 aliphatic rings. The predicted octanol–water partition coefficient (Wildman–Crippen LogP) is 3.90. The van der Waals surface area contributed by atoms with Gasteiger partial charge in [0, 0.05) is 47.3 Å². The van der Waals surface area contributed by atoms with Crippen molar-refractivity contribution in [1.82, 2.24) is 29.5 Å². The van der Waals surface area contributed by atoms with Crippen LogP contribution < -0.4 is 16.6 Å². The highest BCUT2D eigenvalue weighted by atomic mass is 16.2. The van der Waals surface area contributed by atoms with Gasteiger partial charge in [-0.15, -0.1) is 5.10 Å². The fraction of sp³-hybridized carbons (Fsp3) is 0.0645. The SMILES string of the molecule is C[C@@H](NC(=O)c1c(N)nn2cccnc12)c1cc2cccc(C#Cc3ccncc3)c2c(=O)n1-c1ccccc1. The Balaban J connectivity index is 1.48. The number of aromatic nitrogens is 5. The van der Waals surface area contributed by atoms with Gasteiger partial charge in [-0.1, -0.05) is 42.2 Å². The first-order valence-electron chi connectivity index (χ1n) is 12.6. The minimum absolute atomic E-state index is 0.0692. The van der Waals surface area contributed by atoms with E-state index in [0.29, 0.717) is 33.4 Å². The van der Waals surface area contributed by atoms with Crippen LogP contribution in [0.25, 0.3) is 22.1 Å². The monoisotopic (exact) mass is 525 g/mol. The molecule has 1 amide bonds. The molecule has 0 bridgehead atoms. The number of amides is 1. The van der Waals surface area contributed by atoms with Crippen LogP contribution >= 0.6 is 0 Å². The summed E-state index contributed by atoms with van der Waals surface area (Å²) >= 11 is 0. The van der Waals surface area contributed by atoms with Gasteiger partial charge in [0.25, 0.3) is 11.5 Å². The molecule has 0 saturated heterocycles. The number of anilines is 1. The molecule has 1 atom stereocenters. The van der Waals surface area contributed by atoms with Gasteiger partial charge in [0.15, 0.2) is 11.5 Å². The third-order valence-electron chi connectivity index (χ3n) is 6.55. The summed E-state index contributed by atoms with van der Waals surface area (Å²) in [7, 11) is 0. The largest absolute Gasteiger partial charge is 0.381 e. The number of rotatable bonds is 4. The molecule has 4 heterocycles. The zero-order valence-corrected chi connectivity index (χ0v) is 21.4. The maximum Gasteiger partial charge on any atom is 0.264 e. The summed E-state index contributed by atoms with van der Waals surface area (Å²) in [5, 5.41) is 8.38. The molecule has 9 heteroatoms. The van der Waals surface area contributed by atoms with Crippen LogP contribution in [-0.2, 0) is 0 Å². The quantitative estimate of drug-likeness (QED) is 0.337. The number of nitrogens with one attached hydrogen (secondary N) is 1. The summed E-state index contributed by atoms with van der Waals surface area (Å²) in [4.78, 5) is 35.8. The maximum absolute atomic E-state index is 14.2. The number of nitrogens with two attached hydrogens (primary N) is 1. The molecule has 0 aliphatic carbocycles. The van der Waals surface area contributed by atoms with Gasteiger partial charge in [-0.3, -0.25) is 19.1 Å². The molecular formula is C31H23N7O2. The van der Waals surface area contributed by atoms with E-state index in [1.165, 1.54) is 4.52 Å². The van der Waals surface area contributed by atoms with E-state index < -0.39 is 11.9 Å². The van der Waals surface area contributed by atoms with Crippen LogP contribution in [0.3, 0.4) is 0 Å². The molecule has 194 valence electrons. The van der Waals surface area contributed by atoms with Crippen LogP contribution in [0.2, 0.25) is 0 Å². The first kappa shape index (κ1) is 24.6. The van der Waals surface area contributed by atoms with Gasteiger partial charge in [0.05, 0.1) is 11.4 Å². The minimum atomic E-state index is -0.575. The van der Waals surface area contributed by atoms with Gasteiger partial charge < -0.3 is 11.1 Å². The molecule has 4 aromatic heterocycles. The Morgan fingerprint density at radius 3 is 2.58 bits per heavy atom. The lowest BCUT2D eigenvalue weighted by atomic mass is 10.0. The highest BCUT2D eigenvalue weighted by Crippen LogP contribution is 2.24. The Bertz CT molecular complexity index is 2000. The second kappa shape index (κ2) is 10.2. The van der Waals surface area contributed by atoms with Crippen LogP contribution in [0.5, 0.6) is 0 Å². The summed E-state index contributed by atoms with van der Waals surface area (Å²) in [6.07, 6.45) is 6.59. The predicted molar refractivity (Wildman–Crippen MR) is 153 cm³/mol. The van der Waals surface area contributed by atoms with Crippen molar-refractivity contribution in [2.45, 2.75) is 13.0 Å². The molecule has 6 aromatic rings. The molecule has 0 saturated carbocycles. The lowest BCUT2D eigenvalue weighted by Crippen LogP contribution is -2.32. The maximum atomic E-state index is 14.2. The van der Waals surface area contributed by atoms with E-state index in [9.17, 15) is 9.59 Å². The van der Waals surface area contributed by atoms with E-state index in [1.54, 1.807) is 35.4 Å². The fourth-order valence-electron chi connectivity index (χ4n) is 4.69. The highest BCUT2D eigenvalue weighted by Gasteiger charge is 2.23. The van der Waals surface area contributed by atoms with Crippen LogP contribution in [0.1, 0.15) is 40.1 Å². The van der Waals surface area contributed by atoms with Crippen molar-refractivity contribution in [1.29, 1.82) is 0 Å². The van der Waals surface area contributed by atoms with Crippen LogP contribution in [0, 0.1) is 11.8 Å². The average Bonchev–Trinajstić information content (AvgIpc) is 3.32. The fourth-order valence-corrected chi connectivity index (χ4v) is 4.69. The number of benzene rings is 2. The molecule has 2 aromatic carbocycles. The van der Waals surface area contributed by atoms with Crippen molar-refractivity contribution < 1.29 is 4.79 Å². The van der Waals surface area contributed by atoms with E-state index >= 15 is 0 Å². The van der Waals surface area contributed by atoms with Crippen molar-refractivity contribution in [3.63, 3.8) is 0 Å². The third kappa shape index (κ3) is 4.44. The van der Waals surface area contributed by atoms with Gasteiger partial charge in [-0.2, -0.15) is 0 Å². The first-order valence-corrected chi connectivity index (χ1v) is 12.6. The second-order valence-electron chi connectivity index (χ2n) is 9.14. The molecule has 40 heavy (non-hydrogen) atoms. The van der Waals surface area contributed by atoms with E-state index in [2.05, 4.69) is 32.2 Å². The van der Waals surface area contributed by atoms with Gasteiger partial charge in [0.1, 0.15) is 5.56 Å². The van der Waals surface area contributed by atoms with E-state index in [-0.39, 0.29) is 16.9 Å². The number of nitrogens with zero attached hydrogens (tertiary/aromatic N) is 5. The number of carbonyl (C=O) groups is 1. The molecule has 6 rings (SSSR count). The van der Waals surface area contributed by atoms with E-state index in [1.807, 2.05) is 73.7 Å². The standard InChI is InChI=1S/C31H23N7O2/c1-20(35-30(39)27-28(32)36-37-18-6-15-34-29(27)37)25-19-23-8-5-7-22(12-11-21-13-16-33-17-14-21)26(23)31(40)38(25)24-9-3-2-4-10-24/h2-10,13-20H,1H3,(H2,32,36)(H,35,39)/t20-/m1/s1. The molecule has 0 radical (unpaired) electrons. The van der Waals surface area contributed by atoms with Crippen LogP contribution in [0.15, 0.2) is 102 Å². The van der Waals surface area contributed by atoms with Crippen LogP contribution in [-0.4, -0.2) is 30.1 Å². The first-order chi connectivity index (χ1) is 19.5. The Morgan fingerprint density at radius 2 is 1.77 bits per heavy atom. The van der Waals surface area contributed by atoms with Crippen molar-refractivity contribution >= 4 is 28.1 Å². The summed E-state index contributed by atoms with van der Waals surface area (Å²) < 4.78 is 3.07. The van der Waals surface area contributed by atoms with E-state index in [4.69, 9.17) is 5.73 Å². The Hall–Kier alpha value is -5.75. The molecule has 0 aliphatic heterocycles. The van der Waals surface area contributed by atoms with E-state index in [0.717, 1.165) is 5.56 Å². The number of nitrogen functional groups attached to an aromatic ring is 1. The van der Waals surface area contributed by atoms with Gasteiger partial charge in [0.2, 0.25) is 0 Å². The summed E-state index contributed by atoms with van der Waals surface area (Å²) in [5.41, 5.74) is 9.02. The zero-order valence-electron chi connectivity index (χ0n) is 21.4. The van der Waals surface area contributed by atoms with Crippen molar-refractivity contribution in [2.24, 2.45) is 0 Å². The average molecular weight is 526 g/mol. The van der Waals surface area contributed by atoms with Crippen LogP contribution in [0.4, 0.5) is 5.82 Å². The summed E-state index contributed by atoms with van der Waals surface area (Å²) in [5.74, 6) is 5.90. The molecular weight excluding hydrogens is 502 g/mol. The molecule has 0 unspecified atom stereocenters. The topological polar surface area (TPSA) is 120 Å². The lowest BCUT2D eigenvalue weighted by Gasteiger charge is -2.21. The van der Waals surface area contributed by atoms with Gasteiger partial charge in [-0.05, 0) is 54.8 Å². The van der Waals surface area contributed by atoms with Gasteiger partial charge in [-0.25, -0.2) is 9.50 Å². The third-order valence-corrected chi connectivity index (χ3v) is 6.55. The zero-order chi connectivity index (χ0) is 27.6. The Labute approximate surface area is 228 Å². The minimum Gasteiger partial charge on any atom is -0.381 e. The number of hydrogen-bond acceptors (Lipinski definition) is 6. The number of carbonyl (C=O) groups excluding carboxylic acids is 1. The molecule has 0 fully saturated rings. The number of fused-ring (bicyclic) bond motifs is 2. The number of hydrogen-bond donors (Lipinski definition) is 2. The molecule has 9 nitrogen and oxygen atoms in total. The number of para-hydroxylation sites is 1. The summed E-state index contributed by atoms with van der Waals surface area (Å²) in [6, 6.07) is 21.5. The number of pyridine rings is 2. The molecule has 0 spiro atoms. The van der Waals surface area contributed by atoms with Crippen molar-refractivity contribution in [3.8, 4) is 17.5 Å². The highest BCUT2D eigenvalue weighted by molar-refractivity contribution is 6.04. The Kier molecular flexibility index (Phi) is 6.26. The molecule has 3 N–H and O–H groups in total. The lowest BCUT2D eigenvalue weighted by molar-refractivity contribution is 0.0941.